The molecule has 0 amide bonds. The van der Waals surface area contributed by atoms with E-state index in [1.807, 2.05) is 13.3 Å². The molecule has 0 atom stereocenters. The number of allylic oxidation sites excluding steroid dienone is 1. The van der Waals surface area contributed by atoms with Gasteiger partial charge in [-0.25, -0.2) is 4.99 Å². The summed E-state index contributed by atoms with van der Waals surface area (Å²) in [5.41, 5.74) is 0.888. The zero-order valence-corrected chi connectivity index (χ0v) is 7.92. The Morgan fingerprint density at radius 2 is 1.83 bits per heavy atom. The molecule has 0 aromatic heterocycles. The maximum atomic E-state index is 4.20. The Hall–Kier alpha value is -0.790. The second kappa shape index (κ2) is 4.96. The van der Waals surface area contributed by atoms with Crippen LogP contribution in [0.3, 0.4) is 0 Å². The van der Waals surface area contributed by atoms with Crippen LogP contribution >= 0.6 is 0 Å². The highest BCUT2D eigenvalue weighted by Gasteiger charge is 2.04. The molecule has 2 nitrogen and oxygen atoms in total. The number of hydrogen-bond acceptors (Lipinski definition) is 1. The van der Waals surface area contributed by atoms with E-state index in [4.69, 9.17) is 0 Å². The molecule has 68 valence electrons. The van der Waals surface area contributed by atoms with Crippen molar-refractivity contribution >= 4 is 6.34 Å². The van der Waals surface area contributed by atoms with Crippen molar-refractivity contribution in [3.8, 4) is 0 Å². The minimum atomic E-state index is 0.888. The van der Waals surface area contributed by atoms with E-state index in [0.29, 0.717) is 0 Å². The predicted octanol–water partition coefficient (Wildman–Crippen LogP) is 2.42. The second-order valence-corrected chi connectivity index (χ2v) is 3.43. The quantitative estimate of drug-likeness (QED) is 0.454. The Morgan fingerprint density at radius 3 is 2.33 bits per heavy atom. The summed E-state index contributed by atoms with van der Waals surface area (Å²) in [5.74, 6) is 0. The molecule has 12 heavy (non-hydrogen) atoms. The number of rotatable bonds is 2. The van der Waals surface area contributed by atoms with Gasteiger partial charge in [0.05, 0.1) is 6.34 Å². The average molecular weight is 166 g/mol. The smallest absolute Gasteiger partial charge is 0.0907 e. The number of aliphatic imine (C=N–C) groups is 1. The van der Waals surface area contributed by atoms with Gasteiger partial charge in [0, 0.05) is 18.8 Å². The fraction of sp³-hybridized carbons (Fsp3) is 0.700. The lowest BCUT2D eigenvalue weighted by molar-refractivity contribution is 0.447. The third kappa shape index (κ3) is 3.56. The lowest BCUT2D eigenvalue weighted by atomic mass is 10.2. The third-order valence-electron chi connectivity index (χ3n) is 2.08. The third-order valence-corrected chi connectivity index (χ3v) is 2.08. The van der Waals surface area contributed by atoms with Crippen LogP contribution in [0.15, 0.2) is 17.3 Å². The molecule has 0 aromatic carbocycles. The van der Waals surface area contributed by atoms with Crippen LogP contribution in [0.5, 0.6) is 0 Å². The van der Waals surface area contributed by atoms with Crippen LogP contribution < -0.4 is 0 Å². The van der Waals surface area contributed by atoms with Gasteiger partial charge in [-0.3, -0.25) is 0 Å². The molecule has 1 aliphatic heterocycles. The van der Waals surface area contributed by atoms with Gasteiger partial charge in [0.1, 0.15) is 0 Å². The Balaban J connectivity index is 2.34. The van der Waals surface area contributed by atoms with Crippen molar-refractivity contribution in [1.82, 2.24) is 4.90 Å². The minimum Gasteiger partial charge on any atom is -0.363 e. The van der Waals surface area contributed by atoms with E-state index < -0.39 is 0 Å². The molecule has 1 saturated heterocycles. The monoisotopic (exact) mass is 166 g/mol. The molecule has 1 fully saturated rings. The summed E-state index contributed by atoms with van der Waals surface area (Å²) in [7, 11) is 0. The molecule has 0 N–H and O–H groups in total. The van der Waals surface area contributed by atoms with Gasteiger partial charge in [-0.1, -0.05) is 19.4 Å². The van der Waals surface area contributed by atoms with E-state index in [1.165, 1.54) is 25.7 Å². The topological polar surface area (TPSA) is 15.6 Å². The normalized spacial score (nSPS) is 19.6. The lowest BCUT2D eigenvalue weighted by Gasteiger charge is -2.15. The summed E-state index contributed by atoms with van der Waals surface area (Å²) in [6, 6.07) is 0. The maximum Gasteiger partial charge on any atom is 0.0907 e. The van der Waals surface area contributed by atoms with Gasteiger partial charge < -0.3 is 4.90 Å². The molecule has 1 rings (SSSR count). The van der Waals surface area contributed by atoms with Crippen molar-refractivity contribution in [2.24, 2.45) is 4.99 Å². The molecular weight excluding hydrogens is 148 g/mol. The largest absolute Gasteiger partial charge is 0.363 e. The number of likely N-dealkylation sites (tertiary alicyclic amines) is 1. The van der Waals surface area contributed by atoms with Crippen molar-refractivity contribution in [3.63, 3.8) is 0 Å². The molecule has 0 bridgehead atoms. The van der Waals surface area contributed by atoms with Crippen LogP contribution in [0.4, 0.5) is 0 Å². The van der Waals surface area contributed by atoms with Gasteiger partial charge in [0.15, 0.2) is 0 Å². The van der Waals surface area contributed by atoms with E-state index in [1.54, 1.807) is 0 Å². The van der Waals surface area contributed by atoms with Gasteiger partial charge in [-0.15, -0.1) is 0 Å². The standard InChI is InChI=1S/C10H18N2/c1-10(2)11-9-12-7-5-3-4-6-8-12/h9H,1,3-8H2,2H3. The van der Waals surface area contributed by atoms with Gasteiger partial charge in [0.2, 0.25) is 0 Å². The fourth-order valence-electron chi connectivity index (χ4n) is 1.39. The number of hydrogen-bond donors (Lipinski definition) is 0. The molecule has 2 heteroatoms. The van der Waals surface area contributed by atoms with Crippen LogP contribution in [0.2, 0.25) is 0 Å². The predicted molar refractivity (Wildman–Crippen MR) is 53.3 cm³/mol. The highest BCUT2D eigenvalue weighted by Crippen LogP contribution is 2.07. The van der Waals surface area contributed by atoms with Crippen molar-refractivity contribution < 1.29 is 0 Å². The van der Waals surface area contributed by atoms with E-state index in [9.17, 15) is 0 Å². The Labute approximate surface area is 75.0 Å². The maximum absolute atomic E-state index is 4.20. The number of nitrogens with zero attached hydrogens (tertiary/aromatic N) is 2. The van der Waals surface area contributed by atoms with Gasteiger partial charge in [-0.2, -0.15) is 0 Å². The minimum absolute atomic E-state index is 0.888. The van der Waals surface area contributed by atoms with Crippen LogP contribution in [-0.2, 0) is 0 Å². The van der Waals surface area contributed by atoms with Gasteiger partial charge in [-0.05, 0) is 19.8 Å². The van der Waals surface area contributed by atoms with E-state index in [-0.39, 0.29) is 0 Å². The molecule has 0 unspecified atom stereocenters. The Bertz CT molecular complexity index is 165. The Morgan fingerprint density at radius 1 is 1.25 bits per heavy atom. The van der Waals surface area contributed by atoms with E-state index >= 15 is 0 Å². The first-order chi connectivity index (χ1) is 5.79. The van der Waals surface area contributed by atoms with Crippen LogP contribution in [-0.4, -0.2) is 24.3 Å². The average Bonchev–Trinajstić information content (AvgIpc) is 2.28. The SMILES string of the molecule is C=C(C)N=CN1CCCCCC1. The van der Waals surface area contributed by atoms with Gasteiger partial charge in [0.25, 0.3) is 0 Å². The van der Waals surface area contributed by atoms with Crippen molar-refractivity contribution in [2.45, 2.75) is 32.6 Å². The highest BCUT2D eigenvalue weighted by molar-refractivity contribution is 5.56. The first-order valence-electron chi connectivity index (χ1n) is 4.73. The lowest BCUT2D eigenvalue weighted by Crippen LogP contribution is -2.22. The highest BCUT2D eigenvalue weighted by atomic mass is 15.1. The summed E-state index contributed by atoms with van der Waals surface area (Å²) in [4.78, 5) is 6.49. The zero-order chi connectivity index (χ0) is 8.81. The molecule has 1 heterocycles. The van der Waals surface area contributed by atoms with Crippen LogP contribution in [0.1, 0.15) is 32.6 Å². The summed E-state index contributed by atoms with van der Waals surface area (Å²) < 4.78 is 0. The molecule has 1 aliphatic rings. The van der Waals surface area contributed by atoms with Crippen LogP contribution in [0, 0.1) is 0 Å². The van der Waals surface area contributed by atoms with Gasteiger partial charge >= 0.3 is 0 Å². The van der Waals surface area contributed by atoms with Crippen molar-refractivity contribution in [3.05, 3.63) is 12.3 Å². The molecule has 0 spiro atoms. The summed E-state index contributed by atoms with van der Waals surface area (Å²) in [6.45, 7) is 7.99. The summed E-state index contributed by atoms with van der Waals surface area (Å²) in [5, 5.41) is 0. The van der Waals surface area contributed by atoms with E-state index in [2.05, 4.69) is 16.5 Å². The molecule has 0 saturated carbocycles. The van der Waals surface area contributed by atoms with E-state index in [0.717, 1.165) is 18.8 Å². The molecular formula is C10H18N2. The van der Waals surface area contributed by atoms with Crippen molar-refractivity contribution in [1.29, 1.82) is 0 Å². The first kappa shape index (κ1) is 9.30. The summed E-state index contributed by atoms with van der Waals surface area (Å²) in [6.07, 6.45) is 7.30. The zero-order valence-electron chi connectivity index (χ0n) is 7.92. The first-order valence-corrected chi connectivity index (χ1v) is 4.73. The molecule has 0 radical (unpaired) electrons. The molecule has 0 aromatic rings. The summed E-state index contributed by atoms with van der Waals surface area (Å²) >= 11 is 0. The van der Waals surface area contributed by atoms with Crippen LogP contribution in [0.25, 0.3) is 0 Å². The fourth-order valence-corrected chi connectivity index (χ4v) is 1.39. The second-order valence-electron chi connectivity index (χ2n) is 3.43. The van der Waals surface area contributed by atoms with Crippen molar-refractivity contribution in [2.75, 3.05) is 13.1 Å². The molecule has 0 aliphatic carbocycles. The Kier molecular flexibility index (Phi) is 3.85.